The van der Waals surface area contributed by atoms with Crippen LogP contribution < -0.4 is 4.72 Å². The van der Waals surface area contributed by atoms with Crippen LogP contribution >= 0.6 is 11.3 Å². The van der Waals surface area contributed by atoms with E-state index >= 15 is 0 Å². The summed E-state index contributed by atoms with van der Waals surface area (Å²) in [6.07, 6.45) is 0.0848. The van der Waals surface area contributed by atoms with Crippen LogP contribution in [0.1, 0.15) is 32.7 Å². The molecule has 0 aliphatic carbocycles. The van der Waals surface area contributed by atoms with Crippen molar-refractivity contribution in [2.75, 3.05) is 4.72 Å². The topological polar surface area (TPSA) is 92.3 Å². The molecule has 0 radical (unpaired) electrons. The molecule has 0 unspecified atom stereocenters. The highest BCUT2D eigenvalue weighted by Gasteiger charge is 2.23. The summed E-state index contributed by atoms with van der Waals surface area (Å²) in [6, 6.07) is 16.5. The number of aromatic nitrogens is 2. The van der Waals surface area contributed by atoms with Gasteiger partial charge in [-0.25, -0.2) is 8.42 Å². The van der Waals surface area contributed by atoms with E-state index in [1.165, 1.54) is 0 Å². The lowest BCUT2D eigenvalue weighted by atomic mass is 10.1. The Morgan fingerprint density at radius 1 is 0.935 bits per heavy atom. The summed E-state index contributed by atoms with van der Waals surface area (Å²) in [7, 11) is -3.81. The zero-order valence-corrected chi connectivity index (χ0v) is 19.6. The number of sulfonamides is 1. The molecule has 31 heavy (non-hydrogen) atoms. The van der Waals surface area contributed by atoms with Gasteiger partial charge in [0, 0.05) is 12.1 Å². The number of amides is 1. The van der Waals surface area contributed by atoms with Gasteiger partial charge < -0.3 is 4.90 Å². The third-order valence-electron chi connectivity index (χ3n) is 4.66. The number of nitrogens with zero attached hydrogens (tertiary/aromatic N) is 3. The maximum absolute atomic E-state index is 12.7. The second-order valence-corrected chi connectivity index (χ2v) is 10.4. The summed E-state index contributed by atoms with van der Waals surface area (Å²) in [5, 5.41) is 8.49. The van der Waals surface area contributed by atoms with Crippen LogP contribution in [-0.4, -0.2) is 41.5 Å². The fraction of sp³-hybridized carbons (Fsp3) is 0.318. The minimum absolute atomic E-state index is 0.0629. The fourth-order valence-corrected chi connectivity index (χ4v) is 5.35. The quantitative estimate of drug-likeness (QED) is 0.546. The van der Waals surface area contributed by atoms with E-state index in [0.29, 0.717) is 5.01 Å². The van der Waals surface area contributed by atoms with Crippen molar-refractivity contribution in [3.8, 4) is 11.1 Å². The second kappa shape index (κ2) is 9.57. The molecule has 1 aromatic heterocycles. The van der Waals surface area contributed by atoms with Gasteiger partial charge in [-0.1, -0.05) is 53.8 Å². The van der Waals surface area contributed by atoms with Gasteiger partial charge in [-0.15, -0.1) is 10.2 Å². The van der Waals surface area contributed by atoms with Crippen molar-refractivity contribution in [3.63, 3.8) is 0 Å². The molecule has 0 saturated heterocycles. The van der Waals surface area contributed by atoms with Gasteiger partial charge in [0.05, 0.1) is 11.3 Å². The SMILES string of the molecule is CC(C)N(C(=O)Cc1nnc(NS(=O)(=O)c2ccc(-c3ccccc3)cc2)s1)C(C)C. The fourth-order valence-electron chi connectivity index (χ4n) is 3.39. The van der Waals surface area contributed by atoms with E-state index in [1.807, 2.05) is 58.0 Å². The molecule has 0 aliphatic heterocycles. The lowest BCUT2D eigenvalue weighted by Crippen LogP contribution is -2.42. The molecule has 3 aromatic rings. The van der Waals surface area contributed by atoms with E-state index < -0.39 is 10.0 Å². The van der Waals surface area contributed by atoms with Crippen LogP contribution in [0.25, 0.3) is 11.1 Å². The summed E-state index contributed by atoms with van der Waals surface area (Å²) in [4.78, 5) is 14.5. The van der Waals surface area contributed by atoms with E-state index in [9.17, 15) is 13.2 Å². The van der Waals surface area contributed by atoms with Gasteiger partial charge in [0.1, 0.15) is 5.01 Å². The van der Waals surface area contributed by atoms with E-state index in [1.54, 1.807) is 29.2 Å². The molecule has 0 fully saturated rings. The molecule has 0 saturated carbocycles. The van der Waals surface area contributed by atoms with Gasteiger partial charge in [-0.2, -0.15) is 0 Å². The number of carbonyl (C=O) groups excluding carboxylic acids is 1. The van der Waals surface area contributed by atoms with Crippen LogP contribution in [0.5, 0.6) is 0 Å². The van der Waals surface area contributed by atoms with E-state index in [0.717, 1.165) is 22.5 Å². The Balaban J connectivity index is 1.70. The highest BCUT2D eigenvalue weighted by molar-refractivity contribution is 7.93. The van der Waals surface area contributed by atoms with E-state index in [2.05, 4.69) is 14.9 Å². The smallest absolute Gasteiger partial charge is 0.263 e. The Morgan fingerprint density at radius 2 is 1.52 bits per heavy atom. The number of hydrogen-bond acceptors (Lipinski definition) is 6. The van der Waals surface area contributed by atoms with Gasteiger partial charge in [-0.3, -0.25) is 9.52 Å². The largest absolute Gasteiger partial charge is 0.337 e. The summed E-state index contributed by atoms with van der Waals surface area (Å²) in [5.74, 6) is -0.0629. The van der Waals surface area contributed by atoms with Crippen LogP contribution in [-0.2, 0) is 21.2 Å². The molecule has 1 amide bonds. The maximum atomic E-state index is 12.7. The summed E-state index contributed by atoms with van der Waals surface area (Å²) < 4.78 is 27.9. The minimum Gasteiger partial charge on any atom is -0.337 e. The molecule has 1 N–H and O–H groups in total. The van der Waals surface area contributed by atoms with Crippen molar-refractivity contribution in [1.29, 1.82) is 0 Å². The zero-order chi connectivity index (χ0) is 22.6. The molecule has 9 heteroatoms. The van der Waals surface area contributed by atoms with E-state index in [-0.39, 0.29) is 34.4 Å². The van der Waals surface area contributed by atoms with Gasteiger partial charge in [0.15, 0.2) is 0 Å². The first-order valence-corrected chi connectivity index (χ1v) is 12.3. The number of hydrogen-bond donors (Lipinski definition) is 1. The molecule has 0 bridgehead atoms. The molecule has 0 aliphatic rings. The normalized spacial score (nSPS) is 11.7. The average Bonchev–Trinajstić information content (AvgIpc) is 3.14. The maximum Gasteiger partial charge on any atom is 0.263 e. The van der Waals surface area contributed by atoms with Crippen LogP contribution in [0.4, 0.5) is 5.13 Å². The molecule has 164 valence electrons. The van der Waals surface area contributed by atoms with Crippen LogP contribution in [0, 0.1) is 0 Å². The molecule has 1 heterocycles. The molecule has 3 rings (SSSR count). The first-order chi connectivity index (χ1) is 14.7. The predicted octanol–water partition coefficient (Wildman–Crippen LogP) is 4.19. The first kappa shape index (κ1) is 22.9. The number of rotatable bonds is 8. The van der Waals surface area contributed by atoms with Crippen LogP contribution in [0.3, 0.4) is 0 Å². The molecule has 0 spiro atoms. The Bertz CT molecular complexity index is 1120. The van der Waals surface area contributed by atoms with Gasteiger partial charge in [0.2, 0.25) is 11.0 Å². The molecular formula is C22H26N4O3S2. The highest BCUT2D eigenvalue weighted by atomic mass is 32.2. The van der Waals surface area contributed by atoms with Gasteiger partial charge in [0.25, 0.3) is 10.0 Å². The monoisotopic (exact) mass is 458 g/mol. The molecular weight excluding hydrogens is 432 g/mol. The summed E-state index contributed by atoms with van der Waals surface area (Å²) >= 11 is 1.06. The number of benzene rings is 2. The molecule has 2 aromatic carbocycles. The minimum atomic E-state index is -3.81. The third-order valence-corrected chi connectivity index (χ3v) is 6.99. The number of nitrogens with one attached hydrogen (secondary N) is 1. The Hall–Kier alpha value is -2.78. The lowest BCUT2D eigenvalue weighted by molar-refractivity contribution is -0.134. The summed E-state index contributed by atoms with van der Waals surface area (Å²) in [6.45, 7) is 7.84. The molecule has 0 atom stereocenters. The standard InChI is InChI=1S/C22H26N4O3S2/c1-15(2)26(16(3)4)21(27)14-20-23-24-22(30-20)25-31(28,29)19-12-10-18(11-13-19)17-8-6-5-7-9-17/h5-13,15-16H,14H2,1-4H3,(H,24,25). The number of anilines is 1. The summed E-state index contributed by atoms with van der Waals surface area (Å²) in [5.41, 5.74) is 1.94. The van der Waals surface area contributed by atoms with Crippen molar-refractivity contribution < 1.29 is 13.2 Å². The Labute approximate surface area is 187 Å². The van der Waals surface area contributed by atoms with Crippen molar-refractivity contribution in [2.24, 2.45) is 0 Å². The molecule has 7 nitrogen and oxygen atoms in total. The van der Waals surface area contributed by atoms with Crippen molar-refractivity contribution in [3.05, 3.63) is 59.6 Å². The average molecular weight is 459 g/mol. The number of carbonyl (C=O) groups is 1. The van der Waals surface area contributed by atoms with E-state index in [4.69, 9.17) is 0 Å². The first-order valence-electron chi connectivity index (χ1n) is 9.99. The second-order valence-electron chi connectivity index (χ2n) is 7.66. The van der Waals surface area contributed by atoms with Gasteiger partial charge >= 0.3 is 0 Å². The van der Waals surface area contributed by atoms with Gasteiger partial charge in [-0.05, 0) is 51.0 Å². The van der Waals surface area contributed by atoms with Crippen molar-refractivity contribution in [1.82, 2.24) is 15.1 Å². The van der Waals surface area contributed by atoms with Crippen molar-refractivity contribution >= 4 is 32.4 Å². The van der Waals surface area contributed by atoms with Crippen LogP contribution in [0.2, 0.25) is 0 Å². The Morgan fingerprint density at radius 3 is 2.10 bits per heavy atom. The highest BCUT2D eigenvalue weighted by Crippen LogP contribution is 2.24. The van der Waals surface area contributed by atoms with Crippen molar-refractivity contribution in [2.45, 2.75) is 51.1 Å². The lowest BCUT2D eigenvalue weighted by Gasteiger charge is -2.30. The third kappa shape index (κ3) is 5.68. The van der Waals surface area contributed by atoms with Crippen LogP contribution in [0.15, 0.2) is 59.5 Å². The predicted molar refractivity (Wildman–Crippen MR) is 123 cm³/mol. The Kier molecular flexibility index (Phi) is 7.07. The zero-order valence-electron chi connectivity index (χ0n) is 17.9.